The van der Waals surface area contributed by atoms with Gasteiger partial charge in [-0.15, -0.1) is 0 Å². The van der Waals surface area contributed by atoms with Gasteiger partial charge in [0.2, 0.25) is 0 Å². The van der Waals surface area contributed by atoms with Crippen LogP contribution >= 0.6 is 0 Å². The highest BCUT2D eigenvalue weighted by molar-refractivity contribution is 6.07. The number of ether oxygens (including phenoxy) is 1. The normalized spacial score (nSPS) is 38.1. The van der Waals surface area contributed by atoms with Gasteiger partial charge in [-0.05, 0) is 38.6 Å². The highest BCUT2D eigenvalue weighted by Gasteiger charge is 2.54. The maximum Gasteiger partial charge on any atom is 0.325 e. The highest BCUT2D eigenvalue weighted by atomic mass is 16.5. The minimum Gasteiger partial charge on any atom is -0.374 e. The molecule has 1 N–H and O–H groups in total. The quantitative estimate of drug-likeness (QED) is 0.766. The van der Waals surface area contributed by atoms with E-state index in [2.05, 4.69) is 24.2 Å². The number of carbonyl (C=O) groups excluding carboxylic acids is 2. The Bertz CT molecular complexity index is 432. The Balaban J connectivity index is 1.74. The first kappa shape index (κ1) is 14.8. The van der Waals surface area contributed by atoms with E-state index in [0.29, 0.717) is 19.1 Å². The molecule has 0 radical (unpaired) electrons. The number of morpholine rings is 1. The van der Waals surface area contributed by atoms with Crippen molar-refractivity contribution in [2.24, 2.45) is 5.92 Å². The lowest BCUT2D eigenvalue weighted by atomic mass is 9.76. The number of likely N-dealkylation sites (N-methyl/N-ethyl adjacent to an activating group) is 1. The fourth-order valence-electron chi connectivity index (χ4n) is 3.77. The van der Waals surface area contributed by atoms with Gasteiger partial charge in [-0.1, -0.05) is 6.92 Å². The van der Waals surface area contributed by atoms with E-state index in [0.717, 1.165) is 38.8 Å². The SMILES string of the molecule is CC1CCC2(CC1)C(=O)NC(=O)N2CC1CN(C)CCO1. The molecule has 1 unspecified atom stereocenters. The van der Waals surface area contributed by atoms with E-state index in [1.807, 2.05) is 0 Å². The summed E-state index contributed by atoms with van der Waals surface area (Å²) in [5, 5.41) is 2.52. The summed E-state index contributed by atoms with van der Waals surface area (Å²) < 4.78 is 5.77. The molecule has 3 aliphatic rings. The molecular weight excluding hydrogens is 270 g/mol. The van der Waals surface area contributed by atoms with Crippen molar-refractivity contribution >= 4 is 11.9 Å². The van der Waals surface area contributed by atoms with Crippen LogP contribution in [0.2, 0.25) is 0 Å². The molecule has 2 aliphatic heterocycles. The van der Waals surface area contributed by atoms with Crippen molar-refractivity contribution in [1.82, 2.24) is 15.1 Å². The molecule has 3 fully saturated rings. The number of nitrogens with zero attached hydrogens (tertiary/aromatic N) is 2. The molecule has 1 atom stereocenters. The first-order chi connectivity index (χ1) is 10.0. The van der Waals surface area contributed by atoms with Crippen LogP contribution in [0.5, 0.6) is 0 Å². The summed E-state index contributed by atoms with van der Waals surface area (Å²) in [6, 6.07) is -0.244. The molecule has 1 saturated carbocycles. The van der Waals surface area contributed by atoms with Gasteiger partial charge in [-0.3, -0.25) is 10.1 Å². The summed E-state index contributed by atoms with van der Waals surface area (Å²) in [4.78, 5) is 28.5. The molecule has 2 saturated heterocycles. The van der Waals surface area contributed by atoms with Gasteiger partial charge < -0.3 is 14.5 Å². The zero-order chi connectivity index (χ0) is 15.0. The van der Waals surface area contributed by atoms with Crippen LogP contribution in [0, 0.1) is 5.92 Å². The third kappa shape index (κ3) is 2.66. The standard InChI is InChI=1S/C15H25N3O3/c1-11-3-5-15(6-4-11)13(19)16-14(20)18(15)10-12-9-17(2)7-8-21-12/h11-12H,3-10H2,1-2H3,(H,16,19,20). The predicted molar refractivity (Wildman–Crippen MR) is 77.8 cm³/mol. The summed E-state index contributed by atoms with van der Waals surface area (Å²) in [7, 11) is 2.06. The van der Waals surface area contributed by atoms with E-state index < -0.39 is 5.54 Å². The van der Waals surface area contributed by atoms with E-state index in [1.165, 1.54) is 0 Å². The Hall–Kier alpha value is -1.14. The minimum atomic E-state index is -0.622. The van der Waals surface area contributed by atoms with Gasteiger partial charge in [0.25, 0.3) is 5.91 Å². The second kappa shape index (κ2) is 5.57. The van der Waals surface area contributed by atoms with Crippen LogP contribution < -0.4 is 5.32 Å². The van der Waals surface area contributed by atoms with Crippen molar-refractivity contribution in [2.75, 3.05) is 33.3 Å². The van der Waals surface area contributed by atoms with Gasteiger partial charge in [0, 0.05) is 13.1 Å². The number of amides is 3. The Morgan fingerprint density at radius 3 is 2.71 bits per heavy atom. The molecule has 1 spiro atoms. The van der Waals surface area contributed by atoms with Crippen LogP contribution in [0.1, 0.15) is 32.6 Å². The number of nitrogens with one attached hydrogen (secondary N) is 1. The second-order valence-corrected chi connectivity index (χ2v) is 6.84. The minimum absolute atomic E-state index is 0.00313. The maximum atomic E-state index is 12.4. The molecule has 0 aromatic rings. The molecule has 0 aromatic carbocycles. The lowest BCUT2D eigenvalue weighted by molar-refractivity contribution is -0.129. The van der Waals surface area contributed by atoms with Gasteiger partial charge in [0.05, 0.1) is 19.3 Å². The van der Waals surface area contributed by atoms with E-state index in [-0.39, 0.29) is 18.0 Å². The van der Waals surface area contributed by atoms with Gasteiger partial charge in [0.15, 0.2) is 0 Å². The largest absolute Gasteiger partial charge is 0.374 e. The Morgan fingerprint density at radius 1 is 1.33 bits per heavy atom. The van der Waals surface area contributed by atoms with Crippen LogP contribution in [0.4, 0.5) is 4.79 Å². The average molecular weight is 295 g/mol. The molecule has 3 amide bonds. The fourth-order valence-corrected chi connectivity index (χ4v) is 3.77. The predicted octanol–water partition coefficient (Wildman–Crippen LogP) is 0.818. The molecule has 0 aromatic heterocycles. The van der Waals surface area contributed by atoms with Gasteiger partial charge in [-0.25, -0.2) is 4.79 Å². The zero-order valence-corrected chi connectivity index (χ0v) is 12.9. The first-order valence-electron chi connectivity index (χ1n) is 7.94. The topological polar surface area (TPSA) is 61.9 Å². The van der Waals surface area contributed by atoms with Crippen molar-refractivity contribution in [2.45, 2.75) is 44.2 Å². The third-order valence-electron chi connectivity index (χ3n) is 5.23. The molecule has 21 heavy (non-hydrogen) atoms. The maximum absolute atomic E-state index is 12.4. The molecule has 118 valence electrons. The van der Waals surface area contributed by atoms with Crippen molar-refractivity contribution in [3.63, 3.8) is 0 Å². The Labute approximate surface area is 125 Å². The van der Waals surface area contributed by atoms with Gasteiger partial charge >= 0.3 is 6.03 Å². The van der Waals surface area contributed by atoms with Crippen molar-refractivity contribution in [3.05, 3.63) is 0 Å². The van der Waals surface area contributed by atoms with Crippen LogP contribution in [0.3, 0.4) is 0 Å². The highest BCUT2D eigenvalue weighted by Crippen LogP contribution is 2.39. The summed E-state index contributed by atoms with van der Waals surface area (Å²) in [5.41, 5.74) is -0.622. The lowest BCUT2D eigenvalue weighted by Crippen LogP contribution is -2.56. The monoisotopic (exact) mass is 295 g/mol. The van der Waals surface area contributed by atoms with E-state index in [9.17, 15) is 9.59 Å². The number of imide groups is 1. The molecule has 1 aliphatic carbocycles. The third-order valence-corrected chi connectivity index (χ3v) is 5.23. The Kier molecular flexibility index (Phi) is 3.92. The molecule has 6 heteroatoms. The van der Waals surface area contributed by atoms with Gasteiger partial charge in [-0.2, -0.15) is 0 Å². The number of hydrogen-bond donors (Lipinski definition) is 1. The Morgan fingerprint density at radius 2 is 2.05 bits per heavy atom. The summed E-state index contributed by atoms with van der Waals surface area (Å²) in [5.74, 6) is 0.529. The molecule has 0 bridgehead atoms. The lowest BCUT2D eigenvalue weighted by Gasteiger charge is -2.42. The van der Waals surface area contributed by atoms with Crippen LogP contribution in [-0.2, 0) is 9.53 Å². The van der Waals surface area contributed by atoms with Crippen LogP contribution in [0.25, 0.3) is 0 Å². The first-order valence-corrected chi connectivity index (χ1v) is 7.94. The molecule has 6 nitrogen and oxygen atoms in total. The average Bonchev–Trinajstić information content (AvgIpc) is 2.66. The van der Waals surface area contributed by atoms with Crippen LogP contribution in [0.15, 0.2) is 0 Å². The number of carbonyl (C=O) groups is 2. The van der Waals surface area contributed by atoms with Crippen molar-refractivity contribution in [1.29, 1.82) is 0 Å². The van der Waals surface area contributed by atoms with Crippen LogP contribution in [-0.4, -0.2) is 66.7 Å². The summed E-state index contributed by atoms with van der Waals surface area (Å²) in [6.45, 7) is 5.14. The summed E-state index contributed by atoms with van der Waals surface area (Å²) in [6.07, 6.45) is 3.55. The van der Waals surface area contributed by atoms with Crippen molar-refractivity contribution in [3.8, 4) is 0 Å². The number of hydrogen-bond acceptors (Lipinski definition) is 4. The molecule has 2 heterocycles. The summed E-state index contributed by atoms with van der Waals surface area (Å²) >= 11 is 0. The number of urea groups is 1. The van der Waals surface area contributed by atoms with Crippen molar-refractivity contribution < 1.29 is 14.3 Å². The fraction of sp³-hybridized carbons (Fsp3) is 0.867. The van der Waals surface area contributed by atoms with Gasteiger partial charge in [0.1, 0.15) is 5.54 Å². The van der Waals surface area contributed by atoms with E-state index in [4.69, 9.17) is 4.74 Å². The second-order valence-electron chi connectivity index (χ2n) is 6.84. The smallest absolute Gasteiger partial charge is 0.325 e. The molecule has 3 rings (SSSR count). The zero-order valence-electron chi connectivity index (χ0n) is 12.9. The molecular formula is C15H25N3O3. The number of rotatable bonds is 2. The van der Waals surface area contributed by atoms with E-state index >= 15 is 0 Å². The van der Waals surface area contributed by atoms with E-state index in [1.54, 1.807) is 4.90 Å².